The molecule has 1 atom stereocenters. The van der Waals surface area contributed by atoms with Crippen LogP contribution in [0, 0.1) is 5.41 Å². The van der Waals surface area contributed by atoms with Gasteiger partial charge in [-0.3, -0.25) is 4.79 Å². The first-order chi connectivity index (χ1) is 11.5. The van der Waals surface area contributed by atoms with E-state index in [1.807, 2.05) is 0 Å². The Kier molecular flexibility index (Phi) is 5.01. The summed E-state index contributed by atoms with van der Waals surface area (Å²) in [5.74, 6) is -0.0537. The Morgan fingerprint density at radius 2 is 2.21 bits per heavy atom. The fourth-order valence-electron chi connectivity index (χ4n) is 3.39. The van der Waals surface area contributed by atoms with Crippen molar-refractivity contribution in [3.05, 3.63) is 51.5 Å². The van der Waals surface area contributed by atoms with Gasteiger partial charge in [0.25, 0.3) is 5.91 Å². The van der Waals surface area contributed by atoms with Crippen LogP contribution in [0.4, 0.5) is 0 Å². The van der Waals surface area contributed by atoms with Gasteiger partial charge in [-0.1, -0.05) is 38.1 Å². The quantitative estimate of drug-likeness (QED) is 0.849. The predicted molar refractivity (Wildman–Crippen MR) is 96.2 cm³/mol. The number of hydrogen-bond acceptors (Lipinski definition) is 4. The van der Waals surface area contributed by atoms with Gasteiger partial charge in [-0.05, 0) is 35.8 Å². The highest BCUT2D eigenvalue weighted by molar-refractivity contribution is 7.11. The van der Waals surface area contributed by atoms with Gasteiger partial charge >= 0.3 is 0 Å². The smallest absolute Gasteiger partial charge is 0.263 e. The van der Waals surface area contributed by atoms with Gasteiger partial charge in [-0.25, -0.2) is 4.98 Å². The molecule has 128 valence electrons. The summed E-state index contributed by atoms with van der Waals surface area (Å²) in [6.07, 6.45) is 3.13. The number of methoxy groups -OCH3 is 1. The maximum atomic E-state index is 12.8. The van der Waals surface area contributed by atoms with Crippen LogP contribution >= 0.6 is 11.3 Å². The number of nitrogens with one attached hydrogen (secondary N) is 1. The molecule has 0 saturated carbocycles. The number of nitrogens with zero attached hydrogens (tertiary/aromatic N) is 1. The molecule has 1 N–H and O–H groups in total. The molecule has 1 aromatic heterocycles. The molecule has 0 fully saturated rings. The number of aryl methyl sites for hydroxylation is 1. The number of benzene rings is 1. The third kappa shape index (κ3) is 3.68. The normalized spacial score (nSPS) is 19.4. The molecule has 4 nitrogen and oxygen atoms in total. The lowest BCUT2D eigenvalue weighted by Gasteiger charge is -2.27. The Balaban J connectivity index is 1.86. The highest BCUT2D eigenvalue weighted by Crippen LogP contribution is 2.39. The second-order valence-electron chi connectivity index (χ2n) is 7.15. The molecule has 0 aliphatic heterocycles. The molecule has 2 aromatic rings. The fraction of sp³-hybridized carbons (Fsp3) is 0.474. The van der Waals surface area contributed by atoms with Crippen molar-refractivity contribution >= 4 is 17.2 Å². The maximum Gasteiger partial charge on any atom is 0.263 e. The van der Waals surface area contributed by atoms with E-state index in [4.69, 9.17) is 4.74 Å². The Bertz CT molecular complexity index is 724. The SMILES string of the molecule is COCc1ncsc1C(=O)N[C@H]1CC(C)(C)CCc2ccccc21. The molecule has 24 heavy (non-hydrogen) atoms. The zero-order valence-electron chi connectivity index (χ0n) is 14.5. The molecule has 0 unspecified atom stereocenters. The van der Waals surface area contributed by atoms with Crippen LogP contribution in [0.25, 0.3) is 0 Å². The second-order valence-corrected chi connectivity index (χ2v) is 8.01. The first-order valence-electron chi connectivity index (χ1n) is 8.30. The van der Waals surface area contributed by atoms with Crippen molar-refractivity contribution in [2.24, 2.45) is 5.41 Å². The summed E-state index contributed by atoms with van der Waals surface area (Å²) >= 11 is 1.37. The molecule has 0 bridgehead atoms. The van der Waals surface area contributed by atoms with E-state index in [-0.39, 0.29) is 17.4 Å². The van der Waals surface area contributed by atoms with Gasteiger partial charge in [0, 0.05) is 7.11 Å². The first kappa shape index (κ1) is 17.1. The average Bonchev–Trinajstić information content (AvgIpc) is 2.96. The molecule has 1 aromatic carbocycles. The van der Waals surface area contributed by atoms with Crippen LogP contribution in [0.5, 0.6) is 0 Å². The van der Waals surface area contributed by atoms with Crippen LogP contribution in [0.1, 0.15) is 59.2 Å². The summed E-state index contributed by atoms with van der Waals surface area (Å²) in [6, 6.07) is 8.49. The third-order valence-corrected chi connectivity index (χ3v) is 5.56. The highest BCUT2D eigenvalue weighted by atomic mass is 32.1. The Morgan fingerprint density at radius 1 is 1.42 bits per heavy atom. The zero-order chi connectivity index (χ0) is 17.2. The van der Waals surface area contributed by atoms with Crippen LogP contribution in [0.2, 0.25) is 0 Å². The van der Waals surface area contributed by atoms with Gasteiger partial charge in [0.15, 0.2) is 0 Å². The van der Waals surface area contributed by atoms with Gasteiger partial charge in [0.2, 0.25) is 0 Å². The maximum absolute atomic E-state index is 12.8. The van der Waals surface area contributed by atoms with Crippen LogP contribution in [0.3, 0.4) is 0 Å². The summed E-state index contributed by atoms with van der Waals surface area (Å²) in [7, 11) is 1.62. The average molecular weight is 344 g/mol. The first-order valence-corrected chi connectivity index (χ1v) is 9.18. The summed E-state index contributed by atoms with van der Waals surface area (Å²) in [5.41, 5.74) is 5.19. The highest BCUT2D eigenvalue weighted by Gasteiger charge is 2.31. The van der Waals surface area contributed by atoms with Crippen LogP contribution in [-0.4, -0.2) is 18.0 Å². The van der Waals surface area contributed by atoms with E-state index in [1.165, 1.54) is 22.5 Å². The number of amides is 1. The Labute approximate surface area is 147 Å². The molecule has 0 saturated heterocycles. The van der Waals surface area contributed by atoms with E-state index < -0.39 is 0 Å². The Hall–Kier alpha value is -1.72. The summed E-state index contributed by atoms with van der Waals surface area (Å²) < 4.78 is 5.14. The second kappa shape index (κ2) is 7.03. The van der Waals surface area contributed by atoms with Gasteiger partial charge in [-0.2, -0.15) is 0 Å². The molecular formula is C19H24N2O2S. The number of hydrogen-bond donors (Lipinski definition) is 1. The van der Waals surface area contributed by atoms with Crippen molar-refractivity contribution in [1.29, 1.82) is 0 Å². The number of ether oxygens (including phenoxy) is 1. The van der Waals surface area contributed by atoms with Crippen LogP contribution in [-0.2, 0) is 17.8 Å². The number of thiazole rings is 1. The van der Waals surface area contributed by atoms with E-state index in [0.717, 1.165) is 19.3 Å². The van der Waals surface area contributed by atoms with E-state index in [0.29, 0.717) is 17.2 Å². The minimum atomic E-state index is -0.0537. The summed E-state index contributed by atoms with van der Waals surface area (Å²) in [6.45, 7) is 4.92. The number of rotatable bonds is 4. The van der Waals surface area contributed by atoms with E-state index in [1.54, 1.807) is 12.6 Å². The van der Waals surface area contributed by atoms with Crippen molar-refractivity contribution in [1.82, 2.24) is 10.3 Å². The van der Waals surface area contributed by atoms with E-state index in [2.05, 4.69) is 48.4 Å². The standard InChI is InChI=1S/C19H24N2O2S/c1-19(2)9-8-13-6-4-5-7-14(13)15(10-19)21-18(22)17-16(11-23-3)20-12-24-17/h4-7,12,15H,8-11H2,1-3H3,(H,21,22)/t15-/m0/s1. The molecule has 1 aliphatic rings. The predicted octanol–water partition coefficient (Wildman–Crippen LogP) is 4.12. The topological polar surface area (TPSA) is 51.2 Å². The molecule has 0 radical (unpaired) electrons. The number of fused-ring (bicyclic) bond motifs is 1. The molecule has 3 rings (SSSR count). The van der Waals surface area contributed by atoms with E-state index in [9.17, 15) is 4.79 Å². The zero-order valence-corrected chi connectivity index (χ0v) is 15.3. The van der Waals surface area contributed by atoms with Crippen LogP contribution in [0.15, 0.2) is 29.8 Å². The number of carbonyl (C=O) groups excluding carboxylic acids is 1. The number of carbonyl (C=O) groups is 1. The van der Waals surface area contributed by atoms with Crippen molar-refractivity contribution < 1.29 is 9.53 Å². The largest absolute Gasteiger partial charge is 0.378 e. The minimum absolute atomic E-state index is 0.0312. The molecule has 1 heterocycles. The van der Waals surface area contributed by atoms with Crippen molar-refractivity contribution in [3.8, 4) is 0 Å². The minimum Gasteiger partial charge on any atom is -0.378 e. The van der Waals surface area contributed by atoms with Crippen LogP contribution < -0.4 is 5.32 Å². The lowest BCUT2D eigenvalue weighted by atomic mass is 9.83. The van der Waals surface area contributed by atoms with Gasteiger partial charge < -0.3 is 10.1 Å². The summed E-state index contributed by atoms with van der Waals surface area (Å²) in [5, 5.41) is 3.25. The monoisotopic (exact) mass is 344 g/mol. The lowest BCUT2D eigenvalue weighted by molar-refractivity contribution is 0.0924. The number of aromatic nitrogens is 1. The van der Waals surface area contributed by atoms with Crippen molar-refractivity contribution in [3.63, 3.8) is 0 Å². The molecular weight excluding hydrogens is 320 g/mol. The molecule has 1 aliphatic carbocycles. The van der Waals surface area contributed by atoms with Crippen molar-refractivity contribution in [2.45, 2.75) is 45.8 Å². The van der Waals surface area contributed by atoms with Gasteiger partial charge in [0.05, 0.1) is 23.9 Å². The lowest BCUT2D eigenvalue weighted by Crippen LogP contribution is -2.31. The van der Waals surface area contributed by atoms with Gasteiger partial charge in [-0.15, -0.1) is 11.3 Å². The Morgan fingerprint density at radius 3 is 3.00 bits per heavy atom. The van der Waals surface area contributed by atoms with E-state index >= 15 is 0 Å². The molecule has 1 amide bonds. The summed E-state index contributed by atoms with van der Waals surface area (Å²) in [4.78, 5) is 17.7. The fourth-order valence-corrected chi connectivity index (χ4v) is 4.08. The molecule has 0 spiro atoms. The molecule has 5 heteroatoms. The van der Waals surface area contributed by atoms with Gasteiger partial charge in [0.1, 0.15) is 4.88 Å². The third-order valence-electron chi connectivity index (χ3n) is 4.69. The van der Waals surface area contributed by atoms with Crippen molar-refractivity contribution in [2.75, 3.05) is 7.11 Å².